The van der Waals surface area contributed by atoms with Gasteiger partial charge in [-0.25, -0.2) is 9.67 Å². The molecule has 7 nitrogen and oxygen atoms in total. The minimum Gasteiger partial charge on any atom is -0.368 e. The largest absolute Gasteiger partial charge is 0.368 e. The topological polar surface area (TPSA) is 81.9 Å². The van der Waals surface area contributed by atoms with E-state index in [2.05, 4.69) is 20.4 Å². The molecule has 2 aromatic rings. The number of hydrogen-bond donors (Lipinski definition) is 1. The van der Waals surface area contributed by atoms with Gasteiger partial charge in [-0.15, -0.1) is 5.10 Å². The van der Waals surface area contributed by atoms with Crippen LogP contribution in [0.2, 0.25) is 0 Å². The first-order valence-corrected chi connectivity index (χ1v) is 7.41. The summed E-state index contributed by atoms with van der Waals surface area (Å²) in [5, 5.41) is 6.90. The first-order chi connectivity index (χ1) is 10.7. The smallest absolute Gasteiger partial charge is 0.255 e. The van der Waals surface area contributed by atoms with E-state index < -0.39 is 6.10 Å². The first-order valence-electron chi connectivity index (χ1n) is 7.41. The van der Waals surface area contributed by atoms with Gasteiger partial charge in [-0.3, -0.25) is 15.1 Å². The van der Waals surface area contributed by atoms with Crippen molar-refractivity contribution in [3.05, 3.63) is 36.4 Å². The first kappa shape index (κ1) is 14.6. The van der Waals surface area contributed by atoms with E-state index in [-0.39, 0.29) is 11.9 Å². The molecule has 0 unspecified atom stereocenters. The molecule has 1 aliphatic rings. The summed E-state index contributed by atoms with van der Waals surface area (Å²) in [6.45, 7) is 2.95. The van der Waals surface area contributed by atoms with Crippen LogP contribution in [0.15, 0.2) is 30.9 Å². The summed E-state index contributed by atoms with van der Waals surface area (Å²) >= 11 is 0. The summed E-state index contributed by atoms with van der Waals surface area (Å²) in [4.78, 5) is 20.1. The van der Waals surface area contributed by atoms with Crippen LogP contribution in [0.3, 0.4) is 0 Å². The third kappa shape index (κ3) is 4.11. The Balaban J connectivity index is 1.51. The summed E-state index contributed by atoms with van der Waals surface area (Å²) in [7, 11) is 0. The van der Waals surface area contributed by atoms with Gasteiger partial charge in [-0.05, 0) is 37.3 Å². The van der Waals surface area contributed by atoms with Crippen molar-refractivity contribution in [2.75, 3.05) is 11.9 Å². The lowest BCUT2D eigenvalue weighted by atomic mass is 10.3. The van der Waals surface area contributed by atoms with Crippen LogP contribution in [-0.4, -0.2) is 38.4 Å². The summed E-state index contributed by atoms with van der Waals surface area (Å²) in [5.74, 6) is 0.697. The van der Waals surface area contributed by atoms with Crippen molar-refractivity contribution in [3.8, 4) is 0 Å². The van der Waals surface area contributed by atoms with Gasteiger partial charge in [0, 0.05) is 12.4 Å². The Labute approximate surface area is 128 Å². The highest BCUT2D eigenvalue weighted by atomic mass is 16.5. The molecule has 2 aromatic heterocycles. The molecule has 1 N–H and O–H groups in total. The zero-order valence-electron chi connectivity index (χ0n) is 12.5. The number of aromatic nitrogens is 4. The molecule has 0 saturated heterocycles. The minimum absolute atomic E-state index is 0.222. The number of ether oxygens (including phenoxy) is 1. The number of pyridine rings is 1. The lowest BCUT2D eigenvalue weighted by molar-refractivity contribution is -0.126. The molecule has 0 bridgehead atoms. The highest BCUT2D eigenvalue weighted by molar-refractivity contribution is 5.92. The second-order valence-corrected chi connectivity index (χ2v) is 5.54. The quantitative estimate of drug-likeness (QED) is 0.837. The fourth-order valence-electron chi connectivity index (χ4n) is 1.96. The lowest BCUT2D eigenvalue weighted by Crippen LogP contribution is -2.28. The maximum Gasteiger partial charge on any atom is 0.255 e. The van der Waals surface area contributed by atoms with Gasteiger partial charge in [0.1, 0.15) is 12.4 Å². The van der Waals surface area contributed by atoms with Gasteiger partial charge in [-0.1, -0.05) is 6.07 Å². The Morgan fingerprint density at radius 2 is 2.41 bits per heavy atom. The number of nitrogens with zero attached hydrogens (tertiary/aromatic N) is 4. The Kier molecular flexibility index (Phi) is 4.43. The fourth-order valence-corrected chi connectivity index (χ4v) is 1.96. The standard InChI is InChI=1S/C15H19N5O2/c1-11(22-9-12-4-5-12)14(21)18-15-17-10-20(19-15)8-13-3-2-6-16-7-13/h2-3,6-7,10-12H,4-5,8-9H2,1H3,(H,18,19,21)/t11-/m0/s1. The predicted octanol–water partition coefficient (Wildman–Crippen LogP) is 1.47. The Morgan fingerprint density at radius 1 is 1.55 bits per heavy atom. The molecule has 1 saturated carbocycles. The van der Waals surface area contributed by atoms with Crippen molar-refractivity contribution >= 4 is 11.9 Å². The van der Waals surface area contributed by atoms with Crippen LogP contribution in [0.1, 0.15) is 25.3 Å². The van der Waals surface area contributed by atoms with E-state index in [0.717, 1.165) is 5.56 Å². The second kappa shape index (κ2) is 6.65. The van der Waals surface area contributed by atoms with Crippen molar-refractivity contribution in [1.29, 1.82) is 0 Å². The molecule has 2 heterocycles. The number of hydrogen-bond acceptors (Lipinski definition) is 5. The Bertz CT molecular complexity index is 624. The van der Waals surface area contributed by atoms with Crippen molar-refractivity contribution < 1.29 is 9.53 Å². The van der Waals surface area contributed by atoms with Gasteiger partial charge >= 0.3 is 0 Å². The van der Waals surface area contributed by atoms with Crippen LogP contribution in [-0.2, 0) is 16.1 Å². The van der Waals surface area contributed by atoms with E-state index in [1.165, 1.54) is 12.8 Å². The summed E-state index contributed by atoms with van der Waals surface area (Å²) in [6.07, 6.45) is 6.99. The van der Waals surface area contributed by atoms with Crippen LogP contribution in [0.4, 0.5) is 5.95 Å². The number of carbonyl (C=O) groups is 1. The van der Waals surface area contributed by atoms with Crippen LogP contribution in [0.5, 0.6) is 0 Å². The average Bonchev–Trinajstić information content (AvgIpc) is 3.26. The summed E-state index contributed by atoms with van der Waals surface area (Å²) in [6, 6.07) is 3.83. The highest BCUT2D eigenvalue weighted by Crippen LogP contribution is 2.29. The molecular weight excluding hydrogens is 282 g/mol. The molecule has 1 aliphatic carbocycles. The number of carbonyl (C=O) groups excluding carboxylic acids is 1. The molecule has 116 valence electrons. The number of nitrogens with one attached hydrogen (secondary N) is 1. The van der Waals surface area contributed by atoms with Gasteiger partial charge in [0.25, 0.3) is 5.91 Å². The van der Waals surface area contributed by atoms with Gasteiger partial charge in [0.2, 0.25) is 5.95 Å². The molecule has 0 radical (unpaired) electrons. The van der Waals surface area contributed by atoms with Crippen LogP contribution in [0.25, 0.3) is 0 Å². The minimum atomic E-state index is -0.495. The van der Waals surface area contributed by atoms with E-state index in [1.54, 1.807) is 30.3 Å². The van der Waals surface area contributed by atoms with Crippen molar-refractivity contribution in [3.63, 3.8) is 0 Å². The molecular formula is C15H19N5O2. The zero-order valence-corrected chi connectivity index (χ0v) is 12.5. The van der Waals surface area contributed by atoms with Gasteiger partial charge in [0.05, 0.1) is 13.2 Å². The van der Waals surface area contributed by atoms with Gasteiger partial charge < -0.3 is 4.74 Å². The third-order valence-corrected chi connectivity index (χ3v) is 3.49. The molecule has 22 heavy (non-hydrogen) atoms. The number of amides is 1. The lowest BCUT2D eigenvalue weighted by Gasteiger charge is -2.11. The second-order valence-electron chi connectivity index (χ2n) is 5.54. The Morgan fingerprint density at radius 3 is 3.14 bits per heavy atom. The molecule has 3 rings (SSSR count). The van der Waals surface area contributed by atoms with E-state index in [4.69, 9.17) is 4.74 Å². The van der Waals surface area contributed by atoms with Crippen LogP contribution in [0, 0.1) is 5.92 Å². The van der Waals surface area contributed by atoms with Crippen molar-refractivity contribution in [2.45, 2.75) is 32.4 Å². The predicted molar refractivity (Wildman–Crippen MR) is 80.1 cm³/mol. The molecule has 7 heteroatoms. The Hall–Kier alpha value is -2.28. The highest BCUT2D eigenvalue weighted by Gasteiger charge is 2.24. The zero-order chi connectivity index (χ0) is 15.4. The van der Waals surface area contributed by atoms with Gasteiger partial charge in [-0.2, -0.15) is 0 Å². The molecule has 0 spiro atoms. The van der Waals surface area contributed by atoms with Gasteiger partial charge in [0.15, 0.2) is 0 Å². The molecule has 1 fully saturated rings. The van der Waals surface area contributed by atoms with Crippen LogP contribution >= 0.6 is 0 Å². The third-order valence-electron chi connectivity index (χ3n) is 3.49. The van der Waals surface area contributed by atoms with E-state index in [9.17, 15) is 4.79 Å². The van der Waals surface area contributed by atoms with E-state index >= 15 is 0 Å². The normalized spacial score (nSPS) is 15.5. The maximum absolute atomic E-state index is 12.0. The monoisotopic (exact) mass is 301 g/mol. The molecule has 1 atom stereocenters. The molecule has 1 amide bonds. The van der Waals surface area contributed by atoms with E-state index in [1.807, 2.05) is 12.1 Å². The summed E-state index contributed by atoms with van der Waals surface area (Å²) < 4.78 is 7.17. The number of anilines is 1. The van der Waals surface area contributed by atoms with E-state index in [0.29, 0.717) is 19.1 Å². The maximum atomic E-state index is 12.0. The average molecular weight is 301 g/mol. The van der Waals surface area contributed by atoms with Crippen molar-refractivity contribution in [2.24, 2.45) is 5.92 Å². The fraction of sp³-hybridized carbons (Fsp3) is 0.467. The summed E-state index contributed by atoms with van der Waals surface area (Å²) in [5.41, 5.74) is 1.02. The molecule has 0 aromatic carbocycles. The van der Waals surface area contributed by atoms with Crippen molar-refractivity contribution in [1.82, 2.24) is 19.7 Å². The van der Waals surface area contributed by atoms with Crippen LogP contribution < -0.4 is 5.32 Å². The molecule has 0 aliphatic heterocycles. The SMILES string of the molecule is C[C@H](OCC1CC1)C(=O)Nc1ncn(Cc2cccnc2)n1. The number of rotatable bonds is 7.